The average Bonchev–Trinajstić information content (AvgIpc) is 2.22. The number of rotatable bonds is 2. The van der Waals surface area contributed by atoms with Gasteiger partial charge in [0.2, 0.25) is 0 Å². The van der Waals surface area contributed by atoms with E-state index in [1.54, 1.807) is 6.07 Å². The number of carbonyl (C=O) groups is 1. The summed E-state index contributed by atoms with van der Waals surface area (Å²) in [5.74, 6) is -0.167. The molecule has 1 aliphatic rings. The normalized spacial score (nSPS) is 14.2. The summed E-state index contributed by atoms with van der Waals surface area (Å²) in [7, 11) is 0. The fourth-order valence-electron chi connectivity index (χ4n) is 1.68. The maximum absolute atomic E-state index is 10.7. The lowest BCUT2D eigenvalue weighted by molar-refractivity contribution is -0.136. The van der Waals surface area contributed by atoms with E-state index in [1.807, 2.05) is 13.0 Å². The van der Waals surface area contributed by atoms with Crippen LogP contribution in [-0.2, 0) is 22.6 Å². The van der Waals surface area contributed by atoms with Crippen molar-refractivity contribution >= 4 is 5.97 Å². The Kier molecular flexibility index (Phi) is 2.60. The van der Waals surface area contributed by atoms with Gasteiger partial charge in [-0.15, -0.1) is 0 Å². The molecule has 1 aromatic rings. The number of hydrogen-bond donors (Lipinski definition) is 1. The van der Waals surface area contributed by atoms with E-state index in [1.165, 1.54) is 0 Å². The fraction of sp³-hybridized carbons (Fsp3) is 0.364. The summed E-state index contributed by atoms with van der Waals surface area (Å²) < 4.78 is 10.5. The van der Waals surface area contributed by atoms with Crippen LogP contribution in [0, 0.1) is 6.92 Å². The molecule has 1 aliphatic heterocycles. The zero-order valence-corrected chi connectivity index (χ0v) is 8.45. The Bertz CT molecular complexity index is 398. The second-order valence-corrected chi connectivity index (χ2v) is 3.53. The largest absolute Gasteiger partial charge is 0.481 e. The maximum atomic E-state index is 10.7. The second-order valence-electron chi connectivity index (χ2n) is 3.53. The molecular formula is C11H12O4. The van der Waals surface area contributed by atoms with Crippen molar-refractivity contribution in [1.82, 2.24) is 0 Å². The minimum Gasteiger partial charge on any atom is -0.481 e. The number of hydrogen-bond acceptors (Lipinski definition) is 3. The van der Waals surface area contributed by atoms with Crippen molar-refractivity contribution in [1.29, 1.82) is 0 Å². The minimum atomic E-state index is -0.851. The van der Waals surface area contributed by atoms with Crippen molar-refractivity contribution in [2.24, 2.45) is 0 Å². The predicted molar refractivity (Wildman–Crippen MR) is 52.8 cm³/mol. The molecule has 1 N–H and O–H groups in total. The molecule has 0 aromatic heterocycles. The molecule has 0 aliphatic carbocycles. The molecule has 4 nitrogen and oxygen atoms in total. The van der Waals surface area contributed by atoms with Crippen LogP contribution in [0.15, 0.2) is 12.1 Å². The monoisotopic (exact) mass is 208 g/mol. The molecule has 1 aromatic carbocycles. The van der Waals surface area contributed by atoms with Gasteiger partial charge >= 0.3 is 5.97 Å². The van der Waals surface area contributed by atoms with Crippen molar-refractivity contribution in [3.05, 3.63) is 28.8 Å². The second kappa shape index (κ2) is 3.90. The van der Waals surface area contributed by atoms with Crippen LogP contribution in [0.5, 0.6) is 5.75 Å². The van der Waals surface area contributed by atoms with Gasteiger partial charge in [-0.3, -0.25) is 4.79 Å². The first-order valence-electron chi connectivity index (χ1n) is 4.72. The lowest BCUT2D eigenvalue weighted by atomic mass is 10.0. The first kappa shape index (κ1) is 9.98. The summed E-state index contributed by atoms with van der Waals surface area (Å²) in [6.45, 7) is 2.65. The van der Waals surface area contributed by atoms with Gasteiger partial charge in [0.25, 0.3) is 0 Å². The highest BCUT2D eigenvalue weighted by molar-refractivity contribution is 5.72. The molecule has 1 heterocycles. The topological polar surface area (TPSA) is 55.8 Å². The van der Waals surface area contributed by atoms with E-state index >= 15 is 0 Å². The van der Waals surface area contributed by atoms with Crippen LogP contribution in [0.4, 0.5) is 0 Å². The molecule has 2 rings (SSSR count). The van der Waals surface area contributed by atoms with E-state index in [0.717, 1.165) is 11.1 Å². The van der Waals surface area contributed by atoms with Crippen molar-refractivity contribution in [2.45, 2.75) is 20.0 Å². The third-order valence-electron chi connectivity index (χ3n) is 2.45. The van der Waals surface area contributed by atoms with Gasteiger partial charge in [0.15, 0.2) is 6.79 Å². The molecule has 80 valence electrons. The zero-order valence-electron chi connectivity index (χ0n) is 8.45. The van der Waals surface area contributed by atoms with Gasteiger partial charge in [-0.25, -0.2) is 0 Å². The van der Waals surface area contributed by atoms with Gasteiger partial charge in [0.05, 0.1) is 13.0 Å². The highest BCUT2D eigenvalue weighted by atomic mass is 16.7. The van der Waals surface area contributed by atoms with E-state index in [9.17, 15) is 4.79 Å². The van der Waals surface area contributed by atoms with Crippen LogP contribution in [0.1, 0.15) is 16.7 Å². The quantitative estimate of drug-likeness (QED) is 0.800. The van der Waals surface area contributed by atoms with Crippen molar-refractivity contribution < 1.29 is 19.4 Å². The predicted octanol–water partition coefficient (Wildman–Crippen LogP) is 1.49. The molecule has 0 spiro atoms. The lowest BCUT2D eigenvalue weighted by Gasteiger charge is -2.21. The van der Waals surface area contributed by atoms with Crippen LogP contribution >= 0.6 is 0 Å². The van der Waals surface area contributed by atoms with Gasteiger partial charge in [-0.1, -0.05) is 12.1 Å². The summed E-state index contributed by atoms with van der Waals surface area (Å²) in [4.78, 5) is 10.7. The number of aryl methyl sites for hydroxylation is 1. The summed E-state index contributed by atoms with van der Waals surface area (Å²) >= 11 is 0. The molecular weight excluding hydrogens is 196 g/mol. The summed E-state index contributed by atoms with van der Waals surface area (Å²) in [6.07, 6.45) is -0.0113. The number of benzene rings is 1. The van der Waals surface area contributed by atoms with Crippen LogP contribution in [0.2, 0.25) is 0 Å². The third kappa shape index (κ3) is 1.94. The third-order valence-corrected chi connectivity index (χ3v) is 2.45. The van der Waals surface area contributed by atoms with E-state index in [-0.39, 0.29) is 13.2 Å². The summed E-state index contributed by atoms with van der Waals surface area (Å²) in [5, 5.41) is 8.75. The lowest BCUT2D eigenvalue weighted by Crippen LogP contribution is -2.15. The number of fused-ring (bicyclic) bond motifs is 1. The Balaban J connectivity index is 2.43. The molecule has 0 saturated carbocycles. The van der Waals surface area contributed by atoms with Gasteiger partial charge in [0.1, 0.15) is 5.75 Å². The highest BCUT2D eigenvalue weighted by Gasteiger charge is 2.18. The van der Waals surface area contributed by atoms with Crippen molar-refractivity contribution in [2.75, 3.05) is 6.79 Å². The average molecular weight is 208 g/mol. The zero-order chi connectivity index (χ0) is 10.8. The molecule has 0 radical (unpaired) electrons. The molecule has 0 unspecified atom stereocenters. The SMILES string of the molecule is Cc1ccc(CC(=O)O)c2c1COCO2. The Morgan fingerprint density at radius 2 is 2.33 bits per heavy atom. The first-order valence-corrected chi connectivity index (χ1v) is 4.72. The van der Waals surface area contributed by atoms with E-state index in [2.05, 4.69) is 0 Å². The molecule has 0 saturated heterocycles. The van der Waals surface area contributed by atoms with Crippen molar-refractivity contribution in [3.63, 3.8) is 0 Å². The number of aliphatic carboxylic acids is 1. The smallest absolute Gasteiger partial charge is 0.307 e. The van der Waals surface area contributed by atoms with Crippen LogP contribution in [0.3, 0.4) is 0 Å². The number of ether oxygens (including phenoxy) is 2. The maximum Gasteiger partial charge on any atom is 0.307 e. The van der Waals surface area contributed by atoms with E-state index < -0.39 is 5.97 Å². The Morgan fingerprint density at radius 1 is 1.53 bits per heavy atom. The van der Waals surface area contributed by atoms with E-state index in [0.29, 0.717) is 17.9 Å². The Labute approximate surface area is 87.4 Å². The molecule has 4 heteroatoms. The highest BCUT2D eigenvalue weighted by Crippen LogP contribution is 2.31. The fourth-order valence-corrected chi connectivity index (χ4v) is 1.68. The van der Waals surface area contributed by atoms with Crippen LogP contribution in [0.25, 0.3) is 0 Å². The summed E-state index contributed by atoms with van der Waals surface area (Å²) in [6, 6.07) is 3.70. The van der Waals surface area contributed by atoms with Gasteiger partial charge in [-0.2, -0.15) is 0 Å². The Morgan fingerprint density at radius 3 is 3.07 bits per heavy atom. The van der Waals surface area contributed by atoms with Crippen LogP contribution < -0.4 is 4.74 Å². The summed E-state index contributed by atoms with van der Waals surface area (Å²) in [5.41, 5.74) is 2.74. The van der Waals surface area contributed by atoms with Crippen molar-refractivity contribution in [3.8, 4) is 5.75 Å². The molecule has 0 amide bonds. The standard InChI is InChI=1S/C11H12O4/c1-7-2-3-8(4-10(12)13)11-9(7)5-14-6-15-11/h2-3H,4-6H2,1H3,(H,12,13). The van der Waals surface area contributed by atoms with Gasteiger partial charge in [-0.05, 0) is 12.5 Å². The molecule has 15 heavy (non-hydrogen) atoms. The van der Waals surface area contributed by atoms with Gasteiger partial charge < -0.3 is 14.6 Å². The number of carboxylic acid groups (broad SMARTS) is 1. The van der Waals surface area contributed by atoms with Gasteiger partial charge in [0, 0.05) is 11.1 Å². The Hall–Kier alpha value is -1.55. The van der Waals surface area contributed by atoms with Crippen LogP contribution in [-0.4, -0.2) is 17.9 Å². The molecule has 0 bridgehead atoms. The van der Waals surface area contributed by atoms with E-state index in [4.69, 9.17) is 14.6 Å². The molecule has 0 fully saturated rings. The number of carboxylic acids is 1. The molecule has 0 atom stereocenters. The first-order chi connectivity index (χ1) is 7.18. The minimum absolute atomic E-state index is 0.0113.